The molecule has 0 amide bonds. The van der Waals surface area contributed by atoms with Gasteiger partial charge in [-0.05, 0) is 20.9 Å². The Morgan fingerprint density at radius 2 is 2.19 bits per heavy atom. The van der Waals surface area contributed by atoms with E-state index >= 15 is 0 Å². The first-order chi connectivity index (χ1) is 7.63. The molecule has 0 bridgehead atoms. The minimum absolute atomic E-state index is 0.116. The van der Waals surface area contributed by atoms with Gasteiger partial charge in [-0.3, -0.25) is 4.68 Å². The van der Waals surface area contributed by atoms with Crippen molar-refractivity contribution in [2.24, 2.45) is 7.05 Å². The van der Waals surface area contributed by atoms with Crippen molar-refractivity contribution in [2.75, 3.05) is 7.05 Å². The lowest BCUT2D eigenvalue weighted by molar-refractivity contribution is 0.441. The highest BCUT2D eigenvalue weighted by molar-refractivity contribution is 5.58. The van der Waals surface area contributed by atoms with Crippen LogP contribution in [0, 0.1) is 6.92 Å². The Morgan fingerprint density at radius 1 is 1.44 bits per heavy atom. The standard InChI is InChI=1S/C11H16N4O/c1-7(12-3)11-13-6-10(16-11)9-5-14-15(4)8(9)2/h5-7,12H,1-4H3. The molecule has 1 unspecified atom stereocenters. The van der Waals surface area contributed by atoms with E-state index in [-0.39, 0.29) is 6.04 Å². The van der Waals surface area contributed by atoms with Gasteiger partial charge in [0.05, 0.1) is 24.0 Å². The first-order valence-electron chi connectivity index (χ1n) is 5.25. The normalized spacial score (nSPS) is 13.0. The van der Waals surface area contributed by atoms with Crippen molar-refractivity contribution in [3.8, 4) is 11.3 Å². The summed E-state index contributed by atoms with van der Waals surface area (Å²) in [6.45, 7) is 4.01. The highest BCUT2D eigenvalue weighted by Gasteiger charge is 2.14. The summed E-state index contributed by atoms with van der Waals surface area (Å²) in [6.07, 6.45) is 3.54. The van der Waals surface area contributed by atoms with Gasteiger partial charge in [-0.25, -0.2) is 4.98 Å². The summed E-state index contributed by atoms with van der Waals surface area (Å²) < 4.78 is 7.51. The van der Waals surface area contributed by atoms with Crippen molar-refractivity contribution in [2.45, 2.75) is 19.9 Å². The molecule has 0 spiro atoms. The molecule has 0 radical (unpaired) electrons. The first kappa shape index (κ1) is 10.9. The molecule has 1 atom stereocenters. The number of nitrogens with one attached hydrogen (secondary N) is 1. The summed E-state index contributed by atoms with van der Waals surface area (Å²) in [5.41, 5.74) is 2.06. The van der Waals surface area contributed by atoms with Gasteiger partial charge < -0.3 is 9.73 Å². The molecule has 2 heterocycles. The fourth-order valence-electron chi connectivity index (χ4n) is 1.48. The number of nitrogens with zero attached hydrogens (tertiary/aromatic N) is 3. The van der Waals surface area contributed by atoms with Gasteiger partial charge in [-0.2, -0.15) is 5.10 Å². The maximum absolute atomic E-state index is 5.69. The molecule has 16 heavy (non-hydrogen) atoms. The highest BCUT2D eigenvalue weighted by atomic mass is 16.4. The van der Waals surface area contributed by atoms with E-state index in [2.05, 4.69) is 15.4 Å². The van der Waals surface area contributed by atoms with Crippen LogP contribution in [0.4, 0.5) is 0 Å². The Labute approximate surface area is 94.5 Å². The largest absolute Gasteiger partial charge is 0.439 e. The van der Waals surface area contributed by atoms with E-state index in [4.69, 9.17) is 4.42 Å². The predicted molar refractivity (Wildman–Crippen MR) is 60.9 cm³/mol. The maximum atomic E-state index is 5.69. The second-order valence-electron chi connectivity index (χ2n) is 3.84. The Morgan fingerprint density at radius 3 is 2.75 bits per heavy atom. The van der Waals surface area contributed by atoms with Gasteiger partial charge in [0.15, 0.2) is 5.76 Å². The molecule has 2 aromatic rings. The number of aryl methyl sites for hydroxylation is 1. The fourth-order valence-corrected chi connectivity index (χ4v) is 1.48. The summed E-state index contributed by atoms with van der Waals surface area (Å²) in [5.74, 6) is 1.46. The van der Waals surface area contributed by atoms with E-state index in [1.54, 1.807) is 12.4 Å². The molecule has 0 saturated heterocycles. The van der Waals surface area contributed by atoms with E-state index in [0.29, 0.717) is 5.89 Å². The SMILES string of the molecule is CNC(C)c1ncc(-c2cnn(C)c2C)o1. The molecular weight excluding hydrogens is 204 g/mol. The topological polar surface area (TPSA) is 55.9 Å². The average molecular weight is 220 g/mol. The number of hydrogen-bond acceptors (Lipinski definition) is 4. The Balaban J connectivity index is 2.35. The summed E-state index contributed by atoms with van der Waals surface area (Å²) in [5, 5.41) is 7.27. The van der Waals surface area contributed by atoms with Crippen LogP contribution >= 0.6 is 0 Å². The molecule has 5 nitrogen and oxygen atoms in total. The van der Waals surface area contributed by atoms with Crippen LogP contribution in [0.3, 0.4) is 0 Å². The van der Waals surface area contributed by atoms with Crippen molar-refractivity contribution in [3.05, 3.63) is 24.0 Å². The molecule has 0 aromatic carbocycles. The van der Waals surface area contributed by atoms with Crippen LogP contribution in [-0.4, -0.2) is 21.8 Å². The van der Waals surface area contributed by atoms with Crippen LogP contribution in [0.5, 0.6) is 0 Å². The molecule has 0 fully saturated rings. The van der Waals surface area contributed by atoms with Crippen LogP contribution in [0.2, 0.25) is 0 Å². The molecule has 1 N–H and O–H groups in total. The van der Waals surface area contributed by atoms with Gasteiger partial charge in [-0.1, -0.05) is 0 Å². The zero-order valence-electron chi connectivity index (χ0n) is 9.98. The minimum atomic E-state index is 0.116. The fraction of sp³-hybridized carbons (Fsp3) is 0.455. The number of aromatic nitrogens is 3. The number of rotatable bonds is 3. The number of hydrogen-bond donors (Lipinski definition) is 1. The van der Waals surface area contributed by atoms with Crippen LogP contribution in [0.25, 0.3) is 11.3 Å². The third-order valence-corrected chi connectivity index (χ3v) is 2.83. The lowest BCUT2D eigenvalue weighted by atomic mass is 10.2. The molecule has 0 saturated carbocycles. The third kappa shape index (κ3) is 1.74. The average Bonchev–Trinajstić information content (AvgIpc) is 2.87. The van der Waals surface area contributed by atoms with Crippen LogP contribution in [0.15, 0.2) is 16.8 Å². The van der Waals surface area contributed by atoms with Crippen molar-refractivity contribution >= 4 is 0 Å². The molecule has 86 valence electrons. The van der Waals surface area contributed by atoms with Crippen molar-refractivity contribution in [1.82, 2.24) is 20.1 Å². The second kappa shape index (κ2) is 4.09. The van der Waals surface area contributed by atoms with E-state index in [9.17, 15) is 0 Å². The Kier molecular flexibility index (Phi) is 2.78. The zero-order valence-corrected chi connectivity index (χ0v) is 9.98. The second-order valence-corrected chi connectivity index (χ2v) is 3.84. The monoisotopic (exact) mass is 220 g/mol. The van der Waals surface area contributed by atoms with E-state index in [0.717, 1.165) is 17.0 Å². The van der Waals surface area contributed by atoms with E-state index < -0.39 is 0 Å². The Hall–Kier alpha value is -1.62. The van der Waals surface area contributed by atoms with Gasteiger partial charge in [0, 0.05) is 12.7 Å². The van der Waals surface area contributed by atoms with Gasteiger partial charge >= 0.3 is 0 Å². The molecule has 2 rings (SSSR count). The molecule has 0 aliphatic rings. The molecule has 5 heteroatoms. The maximum Gasteiger partial charge on any atom is 0.211 e. The summed E-state index contributed by atoms with van der Waals surface area (Å²) >= 11 is 0. The Bertz CT molecular complexity index is 486. The van der Waals surface area contributed by atoms with Crippen molar-refractivity contribution in [3.63, 3.8) is 0 Å². The lowest BCUT2D eigenvalue weighted by Crippen LogP contribution is -2.12. The molecule has 0 aliphatic carbocycles. The molecule has 2 aromatic heterocycles. The minimum Gasteiger partial charge on any atom is -0.439 e. The van der Waals surface area contributed by atoms with Gasteiger partial charge in [0.2, 0.25) is 5.89 Å². The summed E-state index contributed by atoms with van der Waals surface area (Å²) in [6, 6.07) is 0.116. The lowest BCUT2D eigenvalue weighted by Gasteiger charge is -2.03. The van der Waals surface area contributed by atoms with E-state index in [1.165, 1.54) is 0 Å². The van der Waals surface area contributed by atoms with Crippen LogP contribution in [-0.2, 0) is 7.05 Å². The predicted octanol–water partition coefficient (Wildman–Crippen LogP) is 1.66. The quantitative estimate of drug-likeness (QED) is 0.854. The van der Waals surface area contributed by atoms with E-state index in [1.807, 2.05) is 32.6 Å². The number of oxazole rings is 1. The molecular formula is C11H16N4O. The first-order valence-corrected chi connectivity index (χ1v) is 5.25. The van der Waals surface area contributed by atoms with Gasteiger partial charge in [-0.15, -0.1) is 0 Å². The van der Waals surface area contributed by atoms with Crippen molar-refractivity contribution < 1.29 is 4.42 Å². The zero-order chi connectivity index (χ0) is 11.7. The molecule has 0 aliphatic heterocycles. The van der Waals surface area contributed by atoms with Gasteiger partial charge in [0.1, 0.15) is 0 Å². The summed E-state index contributed by atoms with van der Waals surface area (Å²) in [7, 11) is 3.79. The third-order valence-electron chi connectivity index (χ3n) is 2.83. The smallest absolute Gasteiger partial charge is 0.211 e. The van der Waals surface area contributed by atoms with Crippen LogP contribution in [0.1, 0.15) is 24.6 Å². The summed E-state index contributed by atoms with van der Waals surface area (Å²) in [4.78, 5) is 4.25. The highest BCUT2D eigenvalue weighted by Crippen LogP contribution is 2.25. The van der Waals surface area contributed by atoms with Crippen molar-refractivity contribution in [1.29, 1.82) is 0 Å². The van der Waals surface area contributed by atoms with Gasteiger partial charge in [0.25, 0.3) is 0 Å². The van der Waals surface area contributed by atoms with Crippen LogP contribution < -0.4 is 5.32 Å².